The Morgan fingerprint density at radius 2 is 1.82 bits per heavy atom. The second-order valence-corrected chi connectivity index (χ2v) is 3.87. The fourth-order valence-corrected chi connectivity index (χ4v) is 1.19. The van der Waals surface area contributed by atoms with Gasteiger partial charge in [-0.2, -0.15) is 13.2 Å². The van der Waals surface area contributed by atoms with E-state index in [1.807, 2.05) is 6.92 Å². The predicted molar refractivity (Wildman–Crippen MR) is 59.5 cm³/mol. The number of alkyl halides is 3. The first kappa shape index (κ1) is 13.5. The number of amides is 1. The molecule has 5 heteroatoms. The zero-order chi connectivity index (χ0) is 13.1. The third-order valence-electron chi connectivity index (χ3n) is 2.54. The third kappa shape index (κ3) is 3.76. The van der Waals surface area contributed by atoms with Gasteiger partial charge in [-0.05, 0) is 30.7 Å². The number of hydrogen-bond acceptors (Lipinski definition) is 1. The number of anilines is 1. The lowest BCUT2D eigenvalue weighted by Crippen LogP contribution is -2.19. The Morgan fingerprint density at radius 1 is 1.29 bits per heavy atom. The minimum atomic E-state index is -4.35. The zero-order valence-corrected chi connectivity index (χ0v) is 9.64. The highest BCUT2D eigenvalue weighted by Gasteiger charge is 2.29. The van der Waals surface area contributed by atoms with Gasteiger partial charge in [0.05, 0.1) is 5.56 Å². The Kier molecular flexibility index (Phi) is 4.15. The summed E-state index contributed by atoms with van der Waals surface area (Å²) in [6.07, 6.45) is -3.66. The largest absolute Gasteiger partial charge is 0.416 e. The molecule has 0 bridgehead atoms. The average molecular weight is 245 g/mol. The van der Waals surface area contributed by atoms with Crippen LogP contribution in [0.1, 0.15) is 25.8 Å². The maximum atomic E-state index is 12.3. The van der Waals surface area contributed by atoms with Gasteiger partial charge in [-0.1, -0.05) is 13.8 Å². The first-order valence-corrected chi connectivity index (χ1v) is 5.32. The minimum Gasteiger partial charge on any atom is -0.326 e. The van der Waals surface area contributed by atoms with Gasteiger partial charge in [0.25, 0.3) is 0 Å². The molecule has 0 heterocycles. The van der Waals surface area contributed by atoms with Crippen molar-refractivity contribution in [1.29, 1.82) is 0 Å². The van der Waals surface area contributed by atoms with E-state index in [9.17, 15) is 18.0 Å². The van der Waals surface area contributed by atoms with Crippen molar-refractivity contribution in [2.24, 2.45) is 5.92 Å². The van der Waals surface area contributed by atoms with Crippen LogP contribution in [0.4, 0.5) is 18.9 Å². The van der Waals surface area contributed by atoms with E-state index in [0.717, 1.165) is 12.1 Å². The maximum absolute atomic E-state index is 12.3. The summed E-state index contributed by atoms with van der Waals surface area (Å²) in [5, 5.41) is 2.56. The van der Waals surface area contributed by atoms with Crippen LogP contribution in [0, 0.1) is 5.92 Å². The lowest BCUT2D eigenvalue weighted by atomic mass is 10.1. The third-order valence-corrected chi connectivity index (χ3v) is 2.54. The van der Waals surface area contributed by atoms with Crippen molar-refractivity contribution in [1.82, 2.24) is 0 Å². The van der Waals surface area contributed by atoms with Gasteiger partial charge in [0.1, 0.15) is 0 Å². The number of hydrogen-bond donors (Lipinski definition) is 1. The number of rotatable bonds is 3. The van der Waals surface area contributed by atoms with Crippen LogP contribution in [0.5, 0.6) is 0 Å². The summed E-state index contributed by atoms with van der Waals surface area (Å²) in [4.78, 5) is 11.5. The molecule has 1 aromatic carbocycles. The Morgan fingerprint density at radius 3 is 2.24 bits per heavy atom. The van der Waals surface area contributed by atoms with Crippen molar-refractivity contribution in [3.63, 3.8) is 0 Å². The van der Waals surface area contributed by atoms with E-state index in [4.69, 9.17) is 0 Å². The van der Waals surface area contributed by atoms with Gasteiger partial charge in [0.2, 0.25) is 5.91 Å². The highest BCUT2D eigenvalue weighted by molar-refractivity contribution is 5.92. The first-order chi connectivity index (χ1) is 7.84. The molecular formula is C12H14F3NO. The summed E-state index contributed by atoms with van der Waals surface area (Å²) >= 11 is 0. The lowest BCUT2D eigenvalue weighted by Gasteiger charge is -2.11. The normalized spacial score (nSPS) is 13.2. The second kappa shape index (κ2) is 5.21. The summed E-state index contributed by atoms with van der Waals surface area (Å²) in [5.41, 5.74) is -0.345. The van der Waals surface area contributed by atoms with E-state index in [-0.39, 0.29) is 11.8 Å². The molecule has 0 radical (unpaired) electrons. The molecule has 0 aliphatic heterocycles. The molecule has 0 aliphatic carbocycles. The Bertz CT molecular complexity index is 384. The van der Waals surface area contributed by atoms with Crippen molar-refractivity contribution in [3.8, 4) is 0 Å². The number of halogens is 3. The second-order valence-electron chi connectivity index (χ2n) is 3.87. The van der Waals surface area contributed by atoms with E-state index in [0.29, 0.717) is 12.1 Å². The van der Waals surface area contributed by atoms with E-state index in [1.165, 1.54) is 12.1 Å². The highest BCUT2D eigenvalue weighted by Crippen LogP contribution is 2.29. The first-order valence-electron chi connectivity index (χ1n) is 5.32. The molecule has 94 valence electrons. The van der Waals surface area contributed by atoms with E-state index in [1.54, 1.807) is 6.92 Å². The van der Waals surface area contributed by atoms with Crippen LogP contribution in [0.3, 0.4) is 0 Å². The lowest BCUT2D eigenvalue weighted by molar-refractivity contribution is -0.137. The van der Waals surface area contributed by atoms with Gasteiger partial charge in [0.15, 0.2) is 0 Å². The highest BCUT2D eigenvalue weighted by atomic mass is 19.4. The fourth-order valence-electron chi connectivity index (χ4n) is 1.19. The molecule has 1 atom stereocenters. The van der Waals surface area contributed by atoms with Gasteiger partial charge < -0.3 is 5.32 Å². The van der Waals surface area contributed by atoms with E-state index < -0.39 is 11.7 Å². The van der Waals surface area contributed by atoms with Gasteiger partial charge in [-0.3, -0.25) is 4.79 Å². The SMILES string of the molecule is CCC(C)C(=O)Nc1ccc(C(F)(F)F)cc1. The maximum Gasteiger partial charge on any atom is 0.416 e. The average Bonchev–Trinajstić information content (AvgIpc) is 2.27. The molecule has 2 nitrogen and oxygen atoms in total. The van der Waals surface area contributed by atoms with Crippen LogP contribution in [0.2, 0.25) is 0 Å². The topological polar surface area (TPSA) is 29.1 Å². The quantitative estimate of drug-likeness (QED) is 0.864. The molecule has 0 aliphatic rings. The van der Waals surface area contributed by atoms with Crippen molar-refractivity contribution >= 4 is 11.6 Å². The Labute approximate surface area is 97.8 Å². The molecule has 1 rings (SSSR count). The van der Waals surface area contributed by atoms with Crippen molar-refractivity contribution in [2.75, 3.05) is 5.32 Å². The van der Waals surface area contributed by atoms with Gasteiger partial charge in [-0.15, -0.1) is 0 Å². The molecule has 0 saturated heterocycles. The van der Waals surface area contributed by atoms with Crippen LogP contribution >= 0.6 is 0 Å². The van der Waals surface area contributed by atoms with Crippen LogP contribution < -0.4 is 5.32 Å². The van der Waals surface area contributed by atoms with Crippen molar-refractivity contribution in [3.05, 3.63) is 29.8 Å². The number of carbonyl (C=O) groups is 1. The molecule has 1 aromatic rings. The summed E-state index contributed by atoms with van der Waals surface area (Å²) < 4.78 is 36.8. The van der Waals surface area contributed by atoms with Crippen LogP contribution in [0.25, 0.3) is 0 Å². The van der Waals surface area contributed by atoms with Crippen molar-refractivity contribution < 1.29 is 18.0 Å². The molecular weight excluding hydrogens is 231 g/mol. The molecule has 1 amide bonds. The molecule has 1 unspecified atom stereocenters. The molecule has 17 heavy (non-hydrogen) atoms. The molecule has 0 saturated carbocycles. The van der Waals surface area contributed by atoms with E-state index in [2.05, 4.69) is 5.32 Å². The van der Waals surface area contributed by atoms with Gasteiger partial charge in [0, 0.05) is 11.6 Å². The molecule has 0 aromatic heterocycles. The fraction of sp³-hybridized carbons (Fsp3) is 0.417. The van der Waals surface area contributed by atoms with Crippen LogP contribution in [-0.4, -0.2) is 5.91 Å². The minimum absolute atomic E-state index is 0.155. The zero-order valence-electron chi connectivity index (χ0n) is 9.64. The Hall–Kier alpha value is -1.52. The predicted octanol–water partition coefficient (Wildman–Crippen LogP) is 3.69. The van der Waals surface area contributed by atoms with E-state index >= 15 is 0 Å². The molecule has 0 fully saturated rings. The number of nitrogens with one attached hydrogen (secondary N) is 1. The summed E-state index contributed by atoms with van der Waals surface area (Å²) in [6, 6.07) is 4.41. The van der Waals surface area contributed by atoms with Gasteiger partial charge in [-0.25, -0.2) is 0 Å². The number of carbonyl (C=O) groups excluding carboxylic acids is 1. The summed E-state index contributed by atoms with van der Waals surface area (Å²) in [7, 11) is 0. The molecule has 1 N–H and O–H groups in total. The number of benzene rings is 1. The standard InChI is InChI=1S/C12H14F3NO/c1-3-8(2)11(17)16-10-6-4-9(5-7-10)12(13,14)15/h4-8H,3H2,1-2H3,(H,16,17). The smallest absolute Gasteiger partial charge is 0.326 e. The van der Waals surface area contributed by atoms with Crippen molar-refractivity contribution in [2.45, 2.75) is 26.4 Å². The monoisotopic (exact) mass is 245 g/mol. The summed E-state index contributed by atoms with van der Waals surface area (Å²) in [5.74, 6) is -0.343. The summed E-state index contributed by atoms with van der Waals surface area (Å²) in [6.45, 7) is 3.64. The van der Waals surface area contributed by atoms with Gasteiger partial charge >= 0.3 is 6.18 Å². The molecule has 0 spiro atoms. The van der Waals surface area contributed by atoms with Crippen LogP contribution in [0.15, 0.2) is 24.3 Å². The van der Waals surface area contributed by atoms with Crippen LogP contribution in [-0.2, 0) is 11.0 Å². The Balaban J connectivity index is 2.73.